The maximum atomic E-state index is 13.5. The fourth-order valence-corrected chi connectivity index (χ4v) is 4.16. The normalized spacial score (nSPS) is 19.4. The molecular formula is C21H28F2IN7O. The molecule has 1 amide bonds. The van der Waals surface area contributed by atoms with Crippen LogP contribution in [0.1, 0.15) is 6.42 Å². The minimum atomic E-state index is -0.830. The average Bonchev–Trinajstić information content (AvgIpc) is 3.40. The summed E-state index contributed by atoms with van der Waals surface area (Å²) in [6, 6.07) is 4.03. The zero-order valence-electron chi connectivity index (χ0n) is 18.2. The van der Waals surface area contributed by atoms with Gasteiger partial charge in [0.05, 0.1) is 11.9 Å². The van der Waals surface area contributed by atoms with E-state index in [9.17, 15) is 13.6 Å². The van der Waals surface area contributed by atoms with Crippen LogP contribution in [0.3, 0.4) is 0 Å². The monoisotopic (exact) mass is 559 g/mol. The molecule has 11 heteroatoms. The highest BCUT2D eigenvalue weighted by Gasteiger charge is 2.29. The van der Waals surface area contributed by atoms with Crippen molar-refractivity contribution in [1.82, 2.24) is 20.0 Å². The van der Waals surface area contributed by atoms with Gasteiger partial charge in [-0.3, -0.25) is 14.5 Å². The molecule has 0 saturated carbocycles. The van der Waals surface area contributed by atoms with E-state index in [1.807, 2.05) is 18.1 Å². The molecule has 174 valence electrons. The number of aryl methyl sites for hydroxylation is 1. The average molecular weight is 559 g/mol. The zero-order chi connectivity index (χ0) is 22.0. The van der Waals surface area contributed by atoms with Crippen LogP contribution in [-0.2, 0) is 11.8 Å². The summed E-state index contributed by atoms with van der Waals surface area (Å²) in [6.45, 7) is 3.73. The number of anilines is 2. The number of nitrogens with one attached hydrogen (secondary N) is 1. The lowest BCUT2D eigenvalue weighted by Crippen LogP contribution is -2.55. The van der Waals surface area contributed by atoms with Gasteiger partial charge in [-0.1, -0.05) is 0 Å². The van der Waals surface area contributed by atoms with Crippen molar-refractivity contribution in [2.45, 2.75) is 6.42 Å². The molecule has 1 atom stereocenters. The molecule has 1 aromatic carbocycles. The van der Waals surface area contributed by atoms with Gasteiger partial charge in [0, 0.05) is 64.8 Å². The topological polar surface area (TPSA) is 69.0 Å². The van der Waals surface area contributed by atoms with Crippen molar-refractivity contribution >= 4 is 47.2 Å². The van der Waals surface area contributed by atoms with Gasteiger partial charge in [-0.2, -0.15) is 5.10 Å². The number of aromatic nitrogens is 2. The van der Waals surface area contributed by atoms with Crippen LogP contribution in [0, 0.1) is 17.6 Å². The zero-order valence-corrected chi connectivity index (χ0v) is 20.5. The SMILES string of the molecule is CN=C(NCC1CCN(c2ccc(F)c(F)c2)C1)N1CCN(c2cnn(C)c2)C(=O)C1.I. The van der Waals surface area contributed by atoms with Crippen molar-refractivity contribution in [3.63, 3.8) is 0 Å². The van der Waals surface area contributed by atoms with E-state index in [1.165, 1.54) is 12.1 Å². The van der Waals surface area contributed by atoms with E-state index < -0.39 is 11.6 Å². The number of amides is 1. The standard InChI is InChI=1S/C21H27F2N7O.HI/c1-24-21(29-7-8-30(20(31)14-29)17-11-26-27(2)13-17)25-10-15-5-6-28(12-15)16-3-4-18(22)19(23)9-16;/h3-4,9,11,13,15H,5-8,10,12,14H2,1-2H3,(H,24,25);1H. The second-order valence-corrected chi connectivity index (χ2v) is 7.97. The highest BCUT2D eigenvalue weighted by molar-refractivity contribution is 14.0. The Bertz CT molecular complexity index is 983. The van der Waals surface area contributed by atoms with E-state index in [4.69, 9.17) is 0 Å². The number of carbonyl (C=O) groups excluding carboxylic acids is 1. The van der Waals surface area contributed by atoms with Gasteiger partial charge < -0.3 is 20.0 Å². The Hall–Kier alpha value is -2.44. The van der Waals surface area contributed by atoms with E-state index >= 15 is 0 Å². The third-order valence-corrected chi connectivity index (χ3v) is 5.84. The number of nitrogens with zero attached hydrogens (tertiary/aromatic N) is 6. The maximum Gasteiger partial charge on any atom is 0.246 e. The summed E-state index contributed by atoms with van der Waals surface area (Å²) in [5, 5.41) is 7.52. The molecule has 2 aliphatic rings. The first kappa shape index (κ1) is 24.2. The number of benzene rings is 1. The molecule has 0 radical (unpaired) electrons. The van der Waals surface area contributed by atoms with Gasteiger partial charge in [-0.25, -0.2) is 8.78 Å². The Morgan fingerprint density at radius 2 is 2.03 bits per heavy atom. The van der Waals surface area contributed by atoms with Crippen LogP contribution in [0.4, 0.5) is 20.2 Å². The Morgan fingerprint density at radius 1 is 1.22 bits per heavy atom. The van der Waals surface area contributed by atoms with Gasteiger partial charge in [-0.15, -0.1) is 24.0 Å². The highest BCUT2D eigenvalue weighted by Crippen LogP contribution is 2.25. The third kappa shape index (κ3) is 5.30. The molecule has 8 nitrogen and oxygen atoms in total. The Labute approximate surface area is 203 Å². The van der Waals surface area contributed by atoms with E-state index in [-0.39, 0.29) is 36.4 Å². The van der Waals surface area contributed by atoms with Crippen molar-refractivity contribution in [1.29, 1.82) is 0 Å². The fraction of sp³-hybridized carbons (Fsp3) is 0.476. The minimum absolute atomic E-state index is 0. The van der Waals surface area contributed by atoms with E-state index in [0.717, 1.165) is 25.2 Å². The lowest BCUT2D eigenvalue weighted by Gasteiger charge is -2.35. The van der Waals surface area contributed by atoms with Crippen LogP contribution in [0.5, 0.6) is 0 Å². The summed E-state index contributed by atoms with van der Waals surface area (Å²) in [4.78, 5) is 22.8. The maximum absolute atomic E-state index is 13.5. The molecule has 32 heavy (non-hydrogen) atoms. The second kappa shape index (κ2) is 10.5. The van der Waals surface area contributed by atoms with Crippen LogP contribution in [0.15, 0.2) is 35.6 Å². The highest BCUT2D eigenvalue weighted by atomic mass is 127. The third-order valence-electron chi connectivity index (χ3n) is 5.84. The van der Waals surface area contributed by atoms with Crippen molar-refractivity contribution in [2.75, 3.05) is 56.1 Å². The molecule has 2 saturated heterocycles. The predicted molar refractivity (Wildman–Crippen MR) is 131 cm³/mol. The molecule has 0 bridgehead atoms. The van der Waals surface area contributed by atoms with Crippen LogP contribution in [-0.4, -0.2) is 72.9 Å². The first-order valence-electron chi connectivity index (χ1n) is 10.4. The minimum Gasteiger partial charge on any atom is -0.371 e. The molecule has 3 heterocycles. The smallest absolute Gasteiger partial charge is 0.246 e. The number of piperazine rings is 1. The van der Waals surface area contributed by atoms with Gasteiger partial charge in [0.2, 0.25) is 5.91 Å². The summed E-state index contributed by atoms with van der Waals surface area (Å²) in [7, 11) is 3.54. The molecule has 1 unspecified atom stereocenters. The number of aliphatic imine (C=N–C) groups is 1. The Kier molecular flexibility index (Phi) is 7.91. The van der Waals surface area contributed by atoms with E-state index in [0.29, 0.717) is 37.2 Å². The van der Waals surface area contributed by atoms with Crippen LogP contribution < -0.4 is 15.1 Å². The summed E-state index contributed by atoms with van der Waals surface area (Å²) >= 11 is 0. The first-order chi connectivity index (χ1) is 14.9. The van der Waals surface area contributed by atoms with Gasteiger partial charge in [0.1, 0.15) is 6.54 Å². The molecule has 2 aromatic rings. The molecule has 0 aliphatic carbocycles. The van der Waals surface area contributed by atoms with E-state index in [1.54, 1.807) is 28.9 Å². The Balaban J connectivity index is 0.00000289. The van der Waals surface area contributed by atoms with E-state index in [2.05, 4.69) is 20.3 Å². The first-order valence-corrected chi connectivity index (χ1v) is 10.4. The molecule has 2 fully saturated rings. The predicted octanol–water partition coefficient (Wildman–Crippen LogP) is 2.07. The molecule has 0 spiro atoms. The summed E-state index contributed by atoms with van der Waals surface area (Å²) < 4.78 is 28.4. The van der Waals surface area contributed by atoms with Gasteiger partial charge in [0.15, 0.2) is 17.6 Å². The Morgan fingerprint density at radius 3 is 2.69 bits per heavy atom. The molecule has 4 rings (SSSR count). The van der Waals surface area contributed by atoms with Crippen molar-refractivity contribution < 1.29 is 13.6 Å². The van der Waals surface area contributed by atoms with Crippen molar-refractivity contribution in [3.8, 4) is 0 Å². The molecule has 1 aromatic heterocycles. The lowest BCUT2D eigenvalue weighted by atomic mass is 10.1. The molecular weight excluding hydrogens is 531 g/mol. The van der Waals surface area contributed by atoms with Crippen LogP contribution >= 0.6 is 24.0 Å². The fourth-order valence-electron chi connectivity index (χ4n) is 4.16. The molecule has 2 aliphatic heterocycles. The number of halogens is 3. The van der Waals surface area contributed by atoms with Gasteiger partial charge in [-0.05, 0) is 24.5 Å². The van der Waals surface area contributed by atoms with Crippen molar-refractivity contribution in [2.24, 2.45) is 18.0 Å². The number of hydrogen-bond donors (Lipinski definition) is 1. The summed E-state index contributed by atoms with van der Waals surface area (Å²) in [5.74, 6) is -0.604. The quantitative estimate of drug-likeness (QED) is 0.353. The number of carbonyl (C=O) groups is 1. The van der Waals surface area contributed by atoms with Gasteiger partial charge in [0.25, 0.3) is 0 Å². The van der Waals surface area contributed by atoms with Crippen LogP contribution in [0.2, 0.25) is 0 Å². The van der Waals surface area contributed by atoms with Crippen LogP contribution in [0.25, 0.3) is 0 Å². The second-order valence-electron chi connectivity index (χ2n) is 7.97. The summed E-state index contributed by atoms with van der Waals surface area (Å²) in [6.07, 6.45) is 4.47. The lowest BCUT2D eigenvalue weighted by molar-refractivity contribution is -0.120. The van der Waals surface area contributed by atoms with Crippen molar-refractivity contribution in [3.05, 3.63) is 42.2 Å². The van der Waals surface area contributed by atoms with Gasteiger partial charge >= 0.3 is 0 Å². The number of rotatable bonds is 4. The summed E-state index contributed by atoms with van der Waals surface area (Å²) in [5.41, 5.74) is 1.50. The molecule has 1 N–H and O–H groups in total. The number of hydrogen-bond acceptors (Lipinski definition) is 4. The number of guanidine groups is 1. The largest absolute Gasteiger partial charge is 0.371 e.